The maximum absolute atomic E-state index is 5.91. The van der Waals surface area contributed by atoms with E-state index in [1.165, 1.54) is 5.56 Å². The lowest BCUT2D eigenvalue weighted by Gasteiger charge is -2.18. The SMILES string of the molecule is CN=C(NCc1cccnc1OC)NCC(C)Oc1cccc(C)c1. The van der Waals surface area contributed by atoms with Gasteiger partial charge in [0.25, 0.3) is 0 Å². The van der Waals surface area contributed by atoms with Gasteiger partial charge in [0, 0.05) is 25.4 Å². The van der Waals surface area contributed by atoms with Crippen LogP contribution >= 0.6 is 0 Å². The van der Waals surface area contributed by atoms with Crippen molar-refractivity contribution in [3.63, 3.8) is 0 Å². The van der Waals surface area contributed by atoms with Crippen LogP contribution in [0.15, 0.2) is 47.6 Å². The Morgan fingerprint density at radius 3 is 2.80 bits per heavy atom. The Balaban J connectivity index is 1.81. The molecule has 2 aromatic rings. The summed E-state index contributed by atoms with van der Waals surface area (Å²) in [6.07, 6.45) is 1.72. The molecule has 25 heavy (non-hydrogen) atoms. The molecule has 0 bridgehead atoms. The molecule has 0 amide bonds. The van der Waals surface area contributed by atoms with Crippen molar-refractivity contribution in [1.29, 1.82) is 0 Å². The highest BCUT2D eigenvalue weighted by molar-refractivity contribution is 5.79. The molecule has 0 radical (unpaired) electrons. The molecule has 0 saturated heterocycles. The Labute approximate surface area is 149 Å². The molecule has 0 spiro atoms. The number of nitrogens with one attached hydrogen (secondary N) is 2. The third kappa shape index (κ3) is 5.99. The number of aromatic nitrogens is 1. The van der Waals surface area contributed by atoms with Gasteiger partial charge in [-0.2, -0.15) is 0 Å². The molecule has 134 valence electrons. The number of aliphatic imine (C=N–C) groups is 1. The van der Waals surface area contributed by atoms with Crippen molar-refractivity contribution >= 4 is 5.96 Å². The fourth-order valence-electron chi connectivity index (χ4n) is 2.35. The van der Waals surface area contributed by atoms with E-state index in [1.54, 1.807) is 20.4 Å². The summed E-state index contributed by atoms with van der Waals surface area (Å²) in [4.78, 5) is 8.42. The number of benzene rings is 1. The zero-order valence-corrected chi connectivity index (χ0v) is 15.2. The number of nitrogens with zero attached hydrogens (tertiary/aromatic N) is 2. The Morgan fingerprint density at radius 2 is 2.08 bits per heavy atom. The highest BCUT2D eigenvalue weighted by Crippen LogP contribution is 2.14. The summed E-state index contributed by atoms with van der Waals surface area (Å²) in [7, 11) is 3.35. The lowest BCUT2D eigenvalue weighted by Crippen LogP contribution is -2.41. The van der Waals surface area contributed by atoms with E-state index >= 15 is 0 Å². The summed E-state index contributed by atoms with van der Waals surface area (Å²) in [6, 6.07) is 11.9. The van der Waals surface area contributed by atoms with Crippen LogP contribution in [-0.4, -0.2) is 37.7 Å². The van der Waals surface area contributed by atoms with E-state index in [1.807, 2.05) is 50.2 Å². The van der Waals surface area contributed by atoms with Gasteiger partial charge in [0.2, 0.25) is 5.88 Å². The Morgan fingerprint density at radius 1 is 1.24 bits per heavy atom. The van der Waals surface area contributed by atoms with Crippen LogP contribution in [0.2, 0.25) is 0 Å². The molecular weight excluding hydrogens is 316 g/mol. The number of hydrogen-bond acceptors (Lipinski definition) is 4. The molecular formula is C19H26N4O2. The molecule has 1 aromatic carbocycles. The first-order valence-electron chi connectivity index (χ1n) is 8.28. The van der Waals surface area contributed by atoms with Gasteiger partial charge in [-0.25, -0.2) is 4.98 Å². The minimum atomic E-state index is 0.00766. The second kappa shape index (κ2) is 9.52. The van der Waals surface area contributed by atoms with Gasteiger partial charge < -0.3 is 20.1 Å². The van der Waals surface area contributed by atoms with Crippen molar-refractivity contribution < 1.29 is 9.47 Å². The molecule has 1 unspecified atom stereocenters. The zero-order chi connectivity index (χ0) is 18.1. The van der Waals surface area contributed by atoms with Gasteiger partial charge in [-0.05, 0) is 37.6 Å². The van der Waals surface area contributed by atoms with Crippen molar-refractivity contribution in [2.45, 2.75) is 26.5 Å². The standard InChI is InChI=1S/C19H26N4O2/c1-14-7-5-9-17(11-14)25-15(2)12-22-19(20-3)23-13-16-8-6-10-21-18(16)24-4/h5-11,15H,12-13H2,1-4H3,(H2,20,22,23). The summed E-state index contributed by atoms with van der Waals surface area (Å²) in [5.74, 6) is 2.18. The van der Waals surface area contributed by atoms with Gasteiger partial charge in [0.15, 0.2) is 5.96 Å². The van der Waals surface area contributed by atoms with Crippen LogP contribution in [0.1, 0.15) is 18.1 Å². The van der Waals surface area contributed by atoms with Crippen LogP contribution in [0.3, 0.4) is 0 Å². The second-order valence-electron chi connectivity index (χ2n) is 5.72. The number of aryl methyl sites for hydroxylation is 1. The predicted octanol–water partition coefficient (Wildman–Crippen LogP) is 2.53. The summed E-state index contributed by atoms with van der Waals surface area (Å²) >= 11 is 0. The first-order chi connectivity index (χ1) is 12.1. The molecule has 2 rings (SSSR count). The number of guanidine groups is 1. The molecule has 0 saturated carbocycles. The molecule has 6 nitrogen and oxygen atoms in total. The molecule has 6 heteroatoms. The highest BCUT2D eigenvalue weighted by Gasteiger charge is 2.07. The molecule has 2 N–H and O–H groups in total. The van der Waals surface area contributed by atoms with E-state index in [2.05, 4.69) is 20.6 Å². The van der Waals surface area contributed by atoms with E-state index in [4.69, 9.17) is 9.47 Å². The molecule has 0 aliphatic rings. The molecule has 0 fully saturated rings. The number of pyridine rings is 1. The van der Waals surface area contributed by atoms with E-state index in [0.717, 1.165) is 11.3 Å². The first-order valence-corrected chi connectivity index (χ1v) is 8.28. The topological polar surface area (TPSA) is 67.8 Å². The molecule has 0 aliphatic heterocycles. The molecule has 1 atom stereocenters. The largest absolute Gasteiger partial charge is 0.489 e. The minimum absolute atomic E-state index is 0.00766. The third-order valence-electron chi connectivity index (χ3n) is 3.60. The second-order valence-corrected chi connectivity index (χ2v) is 5.72. The van der Waals surface area contributed by atoms with Crippen molar-refractivity contribution in [1.82, 2.24) is 15.6 Å². The van der Waals surface area contributed by atoms with Gasteiger partial charge in [0.05, 0.1) is 13.7 Å². The summed E-state index contributed by atoms with van der Waals surface area (Å²) in [6.45, 7) is 5.28. The van der Waals surface area contributed by atoms with Gasteiger partial charge in [0.1, 0.15) is 11.9 Å². The summed E-state index contributed by atoms with van der Waals surface area (Å²) in [5, 5.41) is 6.52. The average Bonchev–Trinajstić information content (AvgIpc) is 2.62. The van der Waals surface area contributed by atoms with Crippen LogP contribution in [-0.2, 0) is 6.54 Å². The average molecular weight is 342 g/mol. The van der Waals surface area contributed by atoms with Gasteiger partial charge in [-0.15, -0.1) is 0 Å². The van der Waals surface area contributed by atoms with E-state index in [0.29, 0.717) is 24.9 Å². The Bertz CT molecular complexity index is 703. The highest BCUT2D eigenvalue weighted by atomic mass is 16.5. The number of methoxy groups -OCH3 is 1. The van der Waals surface area contributed by atoms with Gasteiger partial charge >= 0.3 is 0 Å². The summed E-state index contributed by atoms with van der Waals surface area (Å²) in [5.41, 5.74) is 2.15. The van der Waals surface area contributed by atoms with Crippen LogP contribution in [0.5, 0.6) is 11.6 Å². The van der Waals surface area contributed by atoms with Crippen LogP contribution < -0.4 is 20.1 Å². The van der Waals surface area contributed by atoms with Crippen molar-refractivity contribution in [3.05, 3.63) is 53.7 Å². The van der Waals surface area contributed by atoms with Gasteiger partial charge in [-0.3, -0.25) is 4.99 Å². The number of hydrogen-bond donors (Lipinski definition) is 2. The molecule has 1 heterocycles. The lowest BCUT2D eigenvalue weighted by molar-refractivity contribution is 0.223. The summed E-state index contributed by atoms with van der Waals surface area (Å²) < 4.78 is 11.2. The quantitative estimate of drug-likeness (QED) is 0.598. The van der Waals surface area contributed by atoms with Crippen LogP contribution in [0.4, 0.5) is 0 Å². The van der Waals surface area contributed by atoms with E-state index in [9.17, 15) is 0 Å². The fraction of sp³-hybridized carbons (Fsp3) is 0.368. The van der Waals surface area contributed by atoms with Crippen molar-refractivity contribution in [3.8, 4) is 11.6 Å². The maximum atomic E-state index is 5.91. The Hall–Kier alpha value is -2.76. The van der Waals surface area contributed by atoms with Crippen LogP contribution in [0, 0.1) is 6.92 Å². The van der Waals surface area contributed by atoms with Gasteiger partial charge in [-0.1, -0.05) is 18.2 Å². The first kappa shape index (κ1) is 18.6. The lowest BCUT2D eigenvalue weighted by atomic mass is 10.2. The Kier molecular flexibility index (Phi) is 7.07. The zero-order valence-electron chi connectivity index (χ0n) is 15.2. The van der Waals surface area contributed by atoms with Crippen molar-refractivity contribution in [2.24, 2.45) is 4.99 Å². The molecule has 1 aromatic heterocycles. The predicted molar refractivity (Wildman–Crippen MR) is 100 cm³/mol. The smallest absolute Gasteiger partial charge is 0.218 e. The maximum Gasteiger partial charge on any atom is 0.218 e. The monoisotopic (exact) mass is 342 g/mol. The fourth-order valence-corrected chi connectivity index (χ4v) is 2.35. The van der Waals surface area contributed by atoms with E-state index in [-0.39, 0.29) is 6.10 Å². The number of ether oxygens (including phenoxy) is 2. The van der Waals surface area contributed by atoms with Crippen molar-refractivity contribution in [2.75, 3.05) is 20.7 Å². The third-order valence-corrected chi connectivity index (χ3v) is 3.60. The van der Waals surface area contributed by atoms with E-state index < -0.39 is 0 Å². The number of rotatable bonds is 7. The normalized spacial score (nSPS) is 12.4. The molecule has 0 aliphatic carbocycles. The minimum Gasteiger partial charge on any atom is -0.489 e. The van der Waals surface area contributed by atoms with Crippen LogP contribution in [0.25, 0.3) is 0 Å².